The minimum Gasteiger partial charge on any atom is -0.397 e. The molecule has 0 radical (unpaired) electrons. The number of hydrogen-bond acceptors (Lipinski definition) is 7. The quantitative estimate of drug-likeness (QED) is 0.279. The SMILES string of the molecule is NNc1c(N)cccc1NC1=C(Nc2ccccc2)C(=O)C1O. The van der Waals surface area contributed by atoms with E-state index in [-0.39, 0.29) is 5.78 Å². The average molecular weight is 311 g/mol. The van der Waals surface area contributed by atoms with Gasteiger partial charge in [-0.2, -0.15) is 0 Å². The molecule has 0 spiro atoms. The van der Waals surface area contributed by atoms with Crippen molar-refractivity contribution in [3.8, 4) is 0 Å². The lowest BCUT2D eigenvalue weighted by molar-refractivity contribution is -0.124. The van der Waals surface area contributed by atoms with Gasteiger partial charge in [-0.05, 0) is 24.3 Å². The molecule has 3 rings (SSSR count). The first-order valence-electron chi connectivity index (χ1n) is 7.02. The van der Waals surface area contributed by atoms with Crippen LogP contribution in [0.5, 0.6) is 0 Å². The minimum absolute atomic E-state index is 0.314. The predicted molar refractivity (Wildman–Crippen MR) is 90.4 cm³/mol. The van der Waals surface area contributed by atoms with E-state index >= 15 is 0 Å². The van der Waals surface area contributed by atoms with Gasteiger partial charge < -0.3 is 26.9 Å². The van der Waals surface area contributed by atoms with Crippen molar-refractivity contribution in [2.75, 3.05) is 21.8 Å². The summed E-state index contributed by atoms with van der Waals surface area (Å²) < 4.78 is 0. The maximum absolute atomic E-state index is 11.9. The fourth-order valence-corrected chi connectivity index (χ4v) is 2.37. The van der Waals surface area contributed by atoms with Gasteiger partial charge in [0.05, 0.1) is 22.8 Å². The summed E-state index contributed by atoms with van der Waals surface area (Å²) in [5, 5.41) is 15.9. The highest BCUT2D eigenvalue weighted by Gasteiger charge is 2.38. The molecule has 0 saturated heterocycles. The van der Waals surface area contributed by atoms with Gasteiger partial charge in [0.25, 0.3) is 0 Å². The molecule has 118 valence electrons. The second-order valence-electron chi connectivity index (χ2n) is 5.09. The van der Waals surface area contributed by atoms with E-state index in [1.54, 1.807) is 18.2 Å². The fraction of sp³-hybridized carbons (Fsp3) is 0.0625. The maximum Gasteiger partial charge on any atom is 0.215 e. The number of aliphatic hydroxyl groups excluding tert-OH is 1. The van der Waals surface area contributed by atoms with Crippen LogP contribution in [0.3, 0.4) is 0 Å². The molecule has 0 saturated carbocycles. The van der Waals surface area contributed by atoms with Gasteiger partial charge in [-0.15, -0.1) is 0 Å². The van der Waals surface area contributed by atoms with Gasteiger partial charge in [0.1, 0.15) is 5.70 Å². The number of ketones is 1. The standard InChI is InChI=1S/C16H17N5O2/c17-10-7-4-8-11(12(10)21-18)20-14-13(15(22)16(14)23)19-9-5-2-1-3-6-9/h1-8,16,19-21,23H,17-18H2. The van der Waals surface area contributed by atoms with E-state index in [0.29, 0.717) is 28.5 Å². The number of nitrogens with one attached hydrogen (secondary N) is 3. The molecule has 1 aliphatic rings. The number of nitrogen functional groups attached to an aromatic ring is 2. The number of hydrogen-bond donors (Lipinski definition) is 6. The second kappa shape index (κ2) is 5.99. The summed E-state index contributed by atoms with van der Waals surface area (Å²) in [6.07, 6.45) is -1.20. The van der Waals surface area contributed by atoms with Gasteiger partial charge in [0.2, 0.25) is 5.78 Å². The van der Waals surface area contributed by atoms with Crippen molar-refractivity contribution in [3.63, 3.8) is 0 Å². The second-order valence-corrected chi connectivity index (χ2v) is 5.09. The zero-order valence-corrected chi connectivity index (χ0v) is 12.2. The predicted octanol–water partition coefficient (Wildman–Crippen LogP) is 1.23. The molecule has 0 heterocycles. The lowest BCUT2D eigenvalue weighted by Crippen LogP contribution is -2.43. The van der Waals surface area contributed by atoms with Crippen LogP contribution in [0.25, 0.3) is 0 Å². The Kier molecular flexibility index (Phi) is 3.88. The van der Waals surface area contributed by atoms with Crippen LogP contribution < -0.4 is 27.6 Å². The summed E-state index contributed by atoms with van der Waals surface area (Å²) >= 11 is 0. The molecule has 2 aromatic rings. The van der Waals surface area contributed by atoms with Gasteiger partial charge >= 0.3 is 0 Å². The van der Waals surface area contributed by atoms with Crippen molar-refractivity contribution >= 4 is 28.5 Å². The highest BCUT2D eigenvalue weighted by Crippen LogP contribution is 2.33. The number of rotatable bonds is 5. The summed E-state index contributed by atoms with van der Waals surface area (Å²) in [7, 11) is 0. The molecule has 7 nitrogen and oxygen atoms in total. The first kappa shape index (κ1) is 14.9. The van der Waals surface area contributed by atoms with Crippen LogP contribution in [-0.2, 0) is 4.79 Å². The van der Waals surface area contributed by atoms with Crippen molar-refractivity contribution in [2.24, 2.45) is 5.84 Å². The van der Waals surface area contributed by atoms with Gasteiger partial charge in [-0.1, -0.05) is 24.3 Å². The average Bonchev–Trinajstić information content (AvgIpc) is 2.58. The van der Waals surface area contributed by atoms with Crippen molar-refractivity contribution in [1.29, 1.82) is 0 Å². The van der Waals surface area contributed by atoms with Gasteiger partial charge in [0, 0.05) is 5.69 Å². The van der Waals surface area contributed by atoms with Crippen molar-refractivity contribution in [2.45, 2.75) is 6.10 Å². The highest BCUT2D eigenvalue weighted by molar-refractivity contribution is 6.11. The zero-order chi connectivity index (χ0) is 16.4. The Morgan fingerprint density at radius 3 is 2.43 bits per heavy atom. The summed E-state index contributed by atoms with van der Waals surface area (Å²) in [4.78, 5) is 11.9. The normalized spacial score (nSPS) is 16.8. The van der Waals surface area contributed by atoms with Crippen LogP contribution in [0.4, 0.5) is 22.7 Å². The summed E-state index contributed by atoms with van der Waals surface area (Å²) in [5.41, 5.74) is 11.3. The Morgan fingerprint density at radius 1 is 1.00 bits per heavy atom. The third kappa shape index (κ3) is 2.70. The van der Waals surface area contributed by atoms with Crippen molar-refractivity contribution < 1.29 is 9.90 Å². The monoisotopic (exact) mass is 311 g/mol. The Morgan fingerprint density at radius 2 is 1.74 bits per heavy atom. The number of anilines is 4. The van der Waals surface area contributed by atoms with Gasteiger partial charge in [0.15, 0.2) is 6.10 Å². The van der Waals surface area contributed by atoms with Gasteiger partial charge in [-0.25, -0.2) is 0 Å². The lowest BCUT2D eigenvalue weighted by atomic mass is 9.94. The van der Waals surface area contributed by atoms with E-state index in [1.165, 1.54) is 0 Å². The largest absolute Gasteiger partial charge is 0.397 e. The number of benzene rings is 2. The molecule has 23 heavy (non-hydrogen) atoms. The number of aliphatic hydroxyl groups is 1. The van der Waals surface area contributed by atoms with Crippen LogP contribution in [0, 0.1) is 0 Å². The Balaban J connectivity index is 1.91. The number of carbonyl (C=O) groups is 1. The third-order valence-electron chi connectivity index (χ3n) is 3.59. The molecule has 0 aromatic heterocycles. The Bertz CT molecular complexity index is 773. The van der Waals surface area contributed by atoms with E-state index in [0.717, 1.165) is 5.69 Å². The van der Waals surface area contributed by atoms with E-state index < -0.39 is 6.10 Å². The topological polar surface area (TPSA) is 125 Å². The van der Waals surface area contributed by atoms with Crippen LogP contribution >= 0.6 is 0 Å². The smallest absolute Gasteiger partial charge is 0.215 e. The molecule has 0 bridgehead atoms. The molecule has 0 amide bonds. The molecule has 0 fully saturated rings. The van der Waals surface area contributed by atoms with Crippen LogP contribution in [-0.4, -0.2) is 17.0 Å². The molecule has 0 aliphatic heterocycles. The molecule has 8 N–H and O–H groups in total. The van der Waals surface area contributed by atoms with E-state index in [9.17, 15) is 9.90 Å². The summed E-state index contributed by atoms with van der Waals surface area (Å²) in [5.74, 6) is 5.10. The van der Waals surface area contributed by atoms with Gasteiger partial charge in [-0.3, -0.25) is 10.6 Å². The van der Waals surface area contributed by atoms with E-state index in [4.69, 9.17) is 11.6 Å². The Labute approximate surface area is 133 Å². The lowest BCUT2D eigenvalue weighted by Gasteiger charge is -2.30. The molecule has 2 aromatic carbocycles. The number of hydrazine groups is 1. The van der Waals surface area contributed by atoms with Crippen LogP contribution in [0.15, 0.2) is 59.9 Å². The maximum atomic E-state index is 11.9. The number of carbonyl (C=O) groups excluding carboxylic acids is 1. The molecule has 1 atom stereocenters. The number of nitrogens with two attached hydrogens (primary N) is 2. The first-order chi connectivity index (χ1) is 11.1. The van der Waals surface area contributed by atoms with Crippen LogP contribution in [0.1, 0.15) is 0 Å². The fourth-order valence-electron chi connectivity index (χ4n) is 2.37. The zero-order valence-electron chi connectivity index (χ0n) is 12.2. The minimum atomic E-state index is -1.20. The molecular weight excluding hydrogens is 294 g/mol. The van der Waals surface area contributed by atoms with Crippen molar-refractivity contribution in [3.05, 3.63) is 59.9 Å². The molecule has 1 aliphatic carbocycles. The van der Waals surface area contributed by atoms with Crippen molar-refractivity contribution in [1.82, 2.24) is 0 Å². The van der Waals surface area contributed by atoms with Crippen LogP contribution in [0.2, 0.25) is 0 Å². The molecule has 7 heteroatoms. The Hall–Kier alpha value is -3.03. The molecular formula is C16H17N5O2. The van der Waals surface area contributed by atoms with E-state index in [2.05, 4.69) is 16.1 Å². The number of Topliss-reactive ketones (excluding diaryl/α,β-unsaturated/α-hetero) is 1. The number of para-hydroxylation sites is 2. The third-order valence-corrected chi connectivity index (χ3v) is 3.59. The highest BCUT2D eigenvalue weighted by atomic mass is 16.3. The van der Waals surface area contributed by atoms with E-state index in [1.807, 2.05) is 30.3 Å². The first-order valence-corrected chi connectivity index (χ1v) is 7.02. The molecule has 1 unspecified atom stereocenters. The summed E-state index contributed by atoms with van der Waals surface area (Å²) in [6, 6.07) is 14.4. The summed E-state index contributed by atoms with van der Waals surface area (Å²) in [6.45, 7) is 0.